The van der Waals surface area contributed by atoms with E-state index >= 15 is 0 Å². The van der Waals surface area contributed by atoms with E-state index in [1.54, 1.807) is 24.3 Å². The molecule has 4 heteroatoms. The molecular formula is C18H22O4. The summed E-state index contributed by atoms with van der Waals surface area (Å²) in [4.78, 5) is 24.4. The Balaban J connectivity index is 1.75. The van der Waals surface area contributed by atoms with Crippen LogP contribution in [0.5, 0.6) is 0 Å². The summed E-state index contributed by atoms with van der Waals surface area (Å²) in [6, 6.07) is 8.87. The van der Waals surface area contributed by atoms with E-state index in [2.05, 4.69) is 0 Å². The first-order valence-electron chi connectivity index (χ1n) is 7.86. The average molecular weight is 302 g/mol. The van der Waals surface area contributed by atoms with Crippen LogP contribution in [0.2, 0.25) is 0 Å². The zero-order chi connectivity index (χ0) is 15.9. The average Bonchev–Trinajstić information content (AvgIpc) is 2.47. The highest BCUT2D eigenvalue weighted by molar-refractivity contribution is 5.89. The van der Waals surface area contributed by atoms with E-state index in [1.807, 2.05) is 19.9 Å². The van der Waals surface area contributed by atoms with Crippen molar-refractivity contribution in [2.45, 2.75) is 45.3 Å². The Morgan fingerprint density at radius 2 is 1.91 bits per heavy atom. The molecule has 2 aliphatic rings. The van der Waals surface area contributed by atoms with E-state index in [9.17, 15) is 14.7 Å². The van der Waals surface area contributed by atoms with Crippen molar-refractivity contribution in [1.29, 1.82) is 0 Å². The Morgan fingerprint density at radius 1 is 1.23 bits per heavy atom. The van der Waals surface area contributed by atoms with Gasteiger partial charge in [-0.25, -0.2) is 4.79 Å². The normalized spacial score (nSPS) is 33.3. The van der Waals surface area contributed by atoms with Crippen molar-refractivity contribution < 1.29 is 19.4 Å². The number of carbonyl (C=O) groups excluding carboxylic acids is 2. The molecule has 4 nitrogen and oxygen atoms in total. The standard InChI is InChI=1S/C18H22O4/c1-18(2)13-8-12(9-14(18)16(20)10-15(13)19)22-17(21)11-6-4-3-5-7-11/h3-7,12-15,19H,8-10H2,1-2H3/t12?,13?,14?,15-/m1/s1. The highest BCUT2D eigenvalue weighted by Crippen LogP contribution is 2.51. The summed E-state index contributed by atoms with van der Waals surface area (Å²) in [7, 11) is 0. The third-order valence-electron chi connectivity index (χ3n) is 5.42. The lowest BCUT2D eigenvalue weighted by Crippen LogP contribution is -2.55. The minimum Gasteiger partial charge on any atom is -0.459 e. The molecule has 2 saturated carbocycles. The predicted molar refractivity (Wildman–Crippen MR) is 81.3 cm³/mol. The Morgan fingerprint density at radius 3 is 2.59 bits per heavy atom. The molecule has 0 radical (unpaired) electrons. The number of aliphatic hydroxyl groups is 1. The molecule has 1 aromatic rings. The van der Waals surface area contributed by atoms with Crippen LogP contribution in [-0.2, 0) is 9.53 Å². The molecule has 3 rings (SSSR count). The second-order valence-corrected chi connectivity index (χ2v) is 7.08. The number of hydrogen-bond donors (Lipinski definition) is 1. The Labute approximate surface area is 130 Å². The molecule has 4 atom stereocenters. The maximum absolute atomic E-state index is 12.2. The minimum atomic E-state index is -0.628. The first kappa shape index (κ1) is 15.2. The summed E-state index contributed by atoms with van der Waals surface area (Å²) in [6.45, 7) is 4.08. The summed E-state index contributed by atoms with van der Waals surface area (Å²) < 4.78 is 5.60. The molecule has 118 valence electrons. The van der Waals surface area contributed by atoms with Crippen LogP contribution in [0.25, 0.3) is 0 Å². The monoisotopic (exact) mass is 302 g/mol. The fourth-order valence-electron chi connectivity index (χ4n) is 4.09. The van der Waals surface area contributed by atoms with E-state index in [-0.39, 0.29) is 41.5 Å². The van der Waals surface area contributed by atoms with Gasteiger partial charge < -0.3 is 9.84 Å². The molecule has 0 saturated heterocycles. The van der Waals surface area contributed by atoms with Gasteiger partial charge in [-0.15, -0.1) is 0 Å². The van der Waals surface area contributed by atoms with Crippen LogP contribution in [0.15, 0.2) is 30.3 Å². The Hall–Kier alpha value is -1.68. The Kier molecular flexibility index (Phi) is 3.81. The van der Waals surface area contributed by atoms with Gasteiger partial charge in [-0.3, -0.25) is 4.79 Å². The lowest BCUT2D eigenvalue weighted by molar-refractivity contribution is -0.155. The number of benzene rings is 1. The zero-order valence-corrected chi connectivity index (χ0v) is 13.0. The second-order valence-electron chi connectivity index (χ2n) is 7.08. The minimum absolute atomic E-state index is 0.00229. The number of rotatable bonds is 2. The molecule has 0 aromatic heterocycles. The molecule has 2 bridgehead atoms. The van der Waals surface area contributed by atoms with Crippen molar-refractivity contribution in [3.63, 3.8) is 0 Å². The van der Waals surface area contributed by atoms with Gasteiger partial charge in [0.1, 0.15) is 11.9 Å². The van der Waals surface area contributed by atoms with Crippen molar-refractivity contribution in [3.05, 3.63) is 35.9 Å². The van der Waals surface area contributed by atoms with Gasteiger partial charge in [0, 0.05) is 12.3 Å². The molecule has 0 aliphatic heterocycles. The van der Waals surface area contributed by atoms with Gasteiger partial charge in [-0.2, -0.15) is 0 Å². The van der Waals surface area contributed by atoms with Gasteiger partial charge in [0.25, 0.3) is 0 Å². The summed E-state index contributed by atoms with van der Waals surface area (Å²) in [5.74, 6) is -0.403. The number of ketones is 1. The van der Waals surface area contributed by atoms with Crippen molar-refractivity contribution in [1.82, 2.24) is 0 Å². The van der Waals surface area contributed by atoms with Crippen LogP contribution in [0.3, 0.4) is 0 Å². The van der Waals surface area contributed by atoms with Crippen molar-refractivity contribution in [3.8, 4) is 0 Å². The smallest absolute Gasteiger partial charge is 0.338 e. The third kappa shape index (κ3) is 2.56. The molecule has 1 aromatic carbocycles. The fraction of sp³-hybridized carbons (Fsp3) is 0.556. The predicted octanol–water partition coefficient (Wildman–Crippen LogP) is 2.60. The number of aliphatic hydroxyl groups excluding tert-OH is 1. The summed E-state index contributed by atoms with van der Waals surface area (Å²) in [5.41, 5.74) is 0.286. The van der Waals surface area contributed by atoms with E-state index in [0.717, 1.165) is 0 Å². The van der Waals surface area contributed by atoms with Crippen molar-refractivity contribution in [2.24, 2.45) is 17.3 Å². The number of Topliss-reactive ketones (excluding diaryl/α,β-unsaturated/α-hetero) is 1. The summed E-state index contributed by atoms with van der Waals surface area (Å²) in [6.07, 6.45) is 0.494. The largest absolute Gasteiger partial charge is 0.459 e. The second kappa shape index (κ2) is 5.51. The Bertz CT molecular complexity index is 578. The van der Waals surface area contributed by atoms with Crippen LogP contribution < -0.4 is 0 Å². The van der Waals surface area contributed by atoms with E-state index in [0.29, 0.717) is 18.4 Å². The molecule has 22 heavy (non-hydrogen) atoms. The van der Waals surface area contributed by atoms with Gasteiger partial charge >= 0.3 is 5.97 Å². The van der Waals surface area contributed by atoms with Crippen LogP contribution >= 0.6 is 0 Å². The number of fused-ring (bicyclic) bond motifs is 2. The maximum Gasteiger partial charge on any atom is 0.338 e. The van der Waals surface area contributed by atoms with Crippen LogP contribution in [0.1, 0.15) is 43.5 Å². The topological polar surface area (TPSA) is 63.6 Å². The molecule has 0 heterocycles. The molecule has 0 spiro atoms. The number of carbonyl (C=O) groups is 2. The van der Waals surface area contributed by atoms with Gasteiger partial charge in [-0.05, 0) is 36.3 Å². The first-order chi connectivity index (χ1) is 10.4. The number of esters is 1. The summed E-state index contributed by atoms with van der Waals surface area (Å²) in [5, 5.41) is 10.2. The van der Waals surface area contributed by atoms with E-state index in [1.165, 1.54) is 0 Å². The van der Waals surface area contributed by atoms with Crippen molar-refractivity contribution in [2.75, 3.05) is 0 Å². The fourth-order valence-corrected chi connectivity index (χ4v) is 4.09. The zero-order valence-electron chi connectivity index (χ0n) is 13.0. The molecule has 2 aliphatic carbocycles. The number of ether oxygens (including phenoxy) is 1. The first-order valence-corrected chi connectivity index (χ1v) is 7.86. The van der Waals surface area contributed by atoms with Gasteiger partial charge in [-0.1, -0.05) is 32.0 Å². The lowest BCUT2D eigenvalue weighted by atomic mass is 9.54. The number of hydrogen-bond acceptors (Lipinski definition) is 4. The molecule has 3 unspecified atom stereocenters. The highest BCUT2D eigenvalue weighted by atomic mass is 16.5. The summed E-state index contributed by atoms with van der Waals surface area (Å²) >= 11 is 0. The van der Waals surface area contributed by atoms with Crippen molar-refractivity contribution >= 4 is 11.8 Å². The molecule has 1 N–H and O–H groups in total. The van der Waals surface area contributed by atoms with Gasteiger partial charge in [0.05, 0.1) is 11.7 Å². The quantitative estimate of drug-likeness (QED) is 0.853. The van der Waals surface area contributed by atoms with Crippen LogP contribution in [0.4, 0.5) is 0 Å². The molecule has 2 fully saturated rings. The van der Waals surface area contributed by atoms with Gasteiger partial charge in [0.2, 0.25) is 0 Å². The SMILES string of the molecule is CC1(C)C2CC(OC(=O)c3ccccc3)CC1[C@H](O)CC2=O. The van der Waals surface area contributed by atoms with Crippen LogP contribution in [0, 0.1) is 17.3 Å². The maximum atomic E-state index is 12.2. The van der Waals surface area contributed by atoms with E-state index < -0.39 is 6.10 Å². The van der Waals surface area contributed by atoms with Gasteiger partial charge in [0.15, 0.2) is 0 Å². The highest BCUT2D eigenvalue weighted by Gasteiger charge is 2.54. The van der Waals surface area contributed by atoms with E-state index in [4.69, 9.17) is 4.74 Å². The third-order valence-corrected chi connectivity index (χ3v) is 5.42. The molecular weight excluding hydrogens is 280 g/mol. The molecule has 0 amide bonds. The lowest BCUT2D eigenvalue weighted by Gasteiger charge is -2.52. The van der Waals surface area contributed by atoms with Crippen LogP contribution in [-0.4, -0.2) is 29.1 Å².